The fraction of sp³-hybridized carbons (Fsp3) is 0.148. The van der Waals surface area contributed by atoms with Crippen molar-refractivity contribution in [1.29, 1.82) is 0 Å². The number of carbonyl (C=O) groups is 3. The van der Waals surface area contributed by atoms with E-state index < -0.39 is 23.3 Å². The normalized spacial score (nSPS) is 18.5. The number of nitrogens with zero attached hydrogens (tertiary/aromatic N) is 1. The first-order valence-electron chi connectivity index (χ1n) is 11.3. The van der Waals surface area contributed by atoms with E-state index in [1.807, 2.05) is 30.3 Å². The maximum absolute atomic E-state index is 14.2. The molecule has 1 atom stereocenters. The van der Waals surface area contributed by atoms with E-state index in [9.17, 15) is 14.4 Å². The van der Waals surface area contributed by atoms with E-state index >= 15 is 0 Å². The molecule has 3 aromatic rings. The number of hydrogen-bond acceptors (Lipinski definition) is 5. The fourth-order valence-corrected chi connectivity index (χ4v) is 5.18. The van der Waals surface area contributed by atoms with E-state index in [0.717, 1.165) is 0 Å². The molecule has 7 nitrogen and oxygen atoms in total. The molecule has 0 radical (unpaired) electrons. The van der Waals surface area contributed by atoms with E-state index in [2.05, 4.69) is 10.6 Å². The highest BCUT2D eigenvalue weighted by atomic mass is 35.5. The number of esters is 1. The summed E-state index contributed by atoms with van der Waals surface area (Å²) < 4.78 is 5.05. The van der Waals surface area contributed by atoms with Crippen LogP contribution in [0.15, 0.2) is 78.5 Å². The summed E-state index contributed by atoms with van der Waals surface area (Å²) >= 11 is 12.5. The lowest BCUT2D eigenvalue weighted by molar-refractivity contribution is -0.141. The van der Waals surface area contributed by atoms with Gasteiger partial charge >= 0.3 is 5.97 Å². The van der Waals surface area contributed by atoms with Crippen LogP contribution < -0.4 is 15.5 Å². The lowest BCUT2D eigenvalue weighted by Gasteiger charge is -2.36. The molecule has 1 unspecified atom stereocenters. The maximum Gasteiger partial charge on any atom is 0.325 e. The van der Waals surface area contributed by atoms with Gasteiger partial charge < -0.3 is 15.4 Å². The Labute approximate surface area is 217 Å². The molecule has 2 N–H and O–H groups in total. The minimum Gasteiger partial charge on any atom is -0.465 e. The number of rotatable bonds is 6. The molecule has 2 amide bonds. The molecule has 2 heterocycles. The van der Waals surface area contributed by atoms with Crippen LogP contribution in [0, 0.1) is 0 Å². The van der Waals surface area contributed by atoms with Crippen molar-refractivity contribution in [3.63, 3.8) is 0 Å². The molecule has 182 valence electrons. The van der Waals surface area contributed by atoms with Crippen molar-refractivity contribution in [2.75, 3.05) is 23.4 Å². The molecule has 9 heteroatoms. The number of fused-ring (bicyclic) bond motifs is 2. The highest BCUT2D eigenvalue weighted by molar-refractivity contribution is 6.34. The molecule has 3 aromatic carbocycles. The third-order valence-electron chi connectivity index (χ3n) is 6.16. The number of carbonyl (C=O) groups excluding carboxylic acids is 3. The number of ether oxygens (including phenoxy) is 1. The van der Waals surface area contributed by atoms with Gasteiger partial charge in [0.2, 0.25) is 0 Å². The Hall–Kier alpha value is -3.81. The fourth-order valence-electron chi connectivity index (χ4n) is 4.83. The molecule has 2 aliphatic rings. The molecule has 2 aliphatic heterocycles. The average Bonchev–Trinajstić information content (AvgIpc) is 3.28. The topological polar surface area (TPSA) is 87.7 Å². The predicted octanol–water partition coefficient (Wildman–Crippen LogP) is 4.75. The van der Waals surface area contributed by atoms with Crippen LogP contribution >= 0.6 is 23.2 Å². The van der Waals surface area contributed by atoms with Gasteiger partial charge in [0.25, 0.3) is 11.8 Å². The zero-order valence-corrected chi connectivity index (χ0v) is 20.7. The van der Waals surface area contributed by atoms with Gasteiger partial charge in [-0.15, -0.1) is 0 Å². The molecule has 0 saturated heterocycles. The lowest BCUT2D eigenvalue weighted by atomic mass is 9.80. The van der Waals surface area contributed by atoms with Crippen LogP contribution in [0.5, 0.6) is 0 Å². The smallest absolute Gasteiger partial charge is 0.325 e. The third kappa shape index (κ3) is 3.72. The van der Waals surface area contributed by atoms with E-state index in [4.69, 9.17) is 27.9 Å². The zero-order chi connectivity index (χ0) is 25.4. The number of nitrogens with one attached hydrogen (secondary N) is 2. The molecule has 1 spiro atoms. The molecule has 0 saturated carbocycles. The van der Waals surface area contributed by atoms with Crippen LogP contribution in [0.1, 0.15) is 18.1 Å². The first-order valence-corrected chi connectivity index (χ1v) is 12.0. The van der Waals surface area contributed by atoms with Crippen LogP contribution in [-0.2, 0) is 24.7 Å². The van der Waals surface area contributed by atoms with Gasteiger partial charge in [0.15, 0.2) is 5.54 Å². The standard InChI is InChI=1S/C27H21Cl2N3O4/c1-2-36-22(33)15-30-24-23(16-7-4-3-5-8-16)27(20-12-11-18(29)14-21(20)31-26(27)35)32(25(24)34)19-10-6-9-17(28)13-19/h3-14,30H,2,15H2,1H3,(H,31,35). The van der Waals surface area contributed by atoms with Gasteiger partial charge in [0.05, 0.1) is 6.61 Å². The molecule has 0 fully saturated rings. The van der Waals surface area contributed by atoms with Gasteiger partial charge in [-0.05, 0) is 42.8 Å². The summed E-state index contributed by atoms with van der Waals surface area (Å²) in [4.78, 5) is 41.8. The average molecular weight is 522 g/mol. The molecular weight excluding hydrogens is 501 g/mol. The summed E-state index contributed by atoms with van der Waals surface area (Å²) in [6.45, 7) is 1.65. The van der Waals surface area contributed by atoms with E-state index in [1.165, 1.54) is 4.90 Å². The van der Waals surface area contributed by atoms with E-state index in [1.54, 1.807) is 49.4 Å². The Kier molecular flexibility index (Phi) is 6.20. The van der Waals surface area contributed by atoms with Crippen molar-refractivity contribution in [3.8, 4) is 0 Å². The molecular formula is C27H21Cl2N3O4. The second-order valence-corrected chi connectivity index (χ2v) is 9.12. The SMILES string of the molecule is CCOC(=O)CNC1=C(c2ccccc2)C2(C(=O)Nc3cc(Cl)ccc32)N(c2cccc(Cl)c2)C1=O. The van der Waals surface area contributed by atoms with Crippen LogP contribution in [0.25, 0.3) is 5.57 Å². The van der Waals surface area contributed by atoms with Gasteiger partial charge in [-0.3, -0.25) is 19.3 Å². The Bertz CT molecular complexity index is 1420. The van der Waals surface area contributed by atoms with E-state index in [0.29, 0.717) is 38.1 Å². The highest BCUT2D eigenvalue weighted by Gasteiger charge is 2.62. The minimum absolute atomic E-state index is 0.118. The molecule has 5 rings (SSSR count). The Morgan fingerprint density at radius 2 is 1.75 bits per heavy atom. The first-order chi connectivity index (χ1) is 17.4. The lowest BCUT2D eigenvalue weighted by Crippen LogP contribution is -2.51. The number of anilines is 2. The summed E-state index contributed by atoms with van der Waals surface area (Å²) in [5, 5.41) is 6.72. The van der Waals surface area contributed by atoms with Gasteiger partial charge in [-0.25, -0.2) is 0 Å². The van der Waals surface area contributed by atoms with Crippen LogP contribution in [0.4, 0.5) is 11.4 Å². The number of benzene rings is 3. The number of hydrogen-bond donors (Lipinski definition) is 2. The summed E-state index contributed by atoms with van der Waals surface area (Å²) in [5.74, 6) is -1.44. The molecule has 0 aromatic heterocycles. The molecule has 36 heavy (non-hydrogen) atoms. The second-order valence-electron chi connectivity index (χ2n) is 8.25. The Morgan fingerprint density at radius 1 is 1.00 bits per heavy atom. The van der Waals surface area contributed by atoms with Gasteiger partial charge in [-0.2, -0.15) is 0 Å². The van der Waals surface area contributed by atoms with Crippen molar-refractivity contribution in [1.82, 2.24) is 5.32 Å². The van der Waals surface area contributed by atoms with Crippen LogP contribution in [0.2, 0.25) is 10.0 Å². The predicted molar refractivity (Wildman–Crippen MR) is 139 cm³/mol. The van der Waals surface area contributed by atoms with Crippen LogP contribution in [0.3, 0.4) is 0 Å². The minimum atomic E-state index is -1.58. The maximum atomic E-state index is 14.2. The summed E-state index contributed by atoms with van der Waals surface area (Å²) in [6, 6.07) is 20.9. The van der Waals surface area contributed by atoms with Crippen molar-refractivity contribution in [2.24, 2.45) is 0 Å². The quantitative estimate of drug-likeness (QED) is 0.457. The van der Waals surface area contributed by atoms with Gasteiger partial charge in [0, 0.05) is 32.6 Å². The number of amides is 2. The first kappa shape index (κ1) is 23.9. The second kappa shape index (κ2) is 9.33. The molecule has 0 bridgehead atoms. The monoisotopic (exact) mass is 521 g/mol. The van der Waals surface area contributed by atoms with Gasteiger partial charge in [0.1, 0.15) is 12.2 Å². The third-order valence-corrected chi connectivity index (χ3v) is 6.63. The van der Waals surface area contributed by atoms with Crippen molar-refractivity contribution in [3.05, 3.63) is 99.7 Å². The highest BCUT2D eigenvalue weighted by Crippen LogP contribution is 2.55. The van der Waals surface area contributed by atoms with Gasteiger partial charge in [-0.1, -0.05) is 65.7 Å². The zero-order valence-electron chi connectivity index (χ0n) is 19.2. The van der Waals surface area contributed by atoms with E-state index in [-0.39, 0.29) is 18.8 Å². The largest absolute Gasteiger partial charge is 0.465 e. The number of halogens is 2. The van der Waals surface area contributed by atoms with Crippen molar-refractivity contribution >= 4 is 57.9 Å². The summed E-state index contributed by atoms with van der Waals surface area (Å²) in [5.41, 5.74) is 1.05. The summed E-state index contributed by atoms with van der Waals surface area (Å²) in [6.07, 6.45) is 0. The Morgan fingerprint density at radius 3 is 2.47 bits per heavy atom. The van der Waals surface area contributed by atoms with Crippen molar-refractivity contribution < 1.29 is 19.1 Å². The summed E-state index contributed by atoms with van der Waals surface area (Å²) in [7, 11) is 0. The van der Waals surface area contributed by atoms with Crippen molar-refractivity contribution in [2.45, 2.75) is 12.5 Å². The molecule has 0 aliphatic carbocycles. The Balaban J connectivity index is 1.81. The van der Waals surface area contributed by atoms with Crippen LogP contribution in [-0.4, -0.2) is 30.9 Å².